The van der Waals surface area contributed by atoms with Gasteiger partial charge in [-0.2, -0.15) is 0 Å². The molecule has 2 heterocycles. The van der Waals surface area contributed by atoms with Crippen molar-refractivity contribution in [2.75, 3.05) is 20.1 Å². The minimum atomic E-state index is -0.789. The molecule has 54 heavy (non-hydrogen) atoms. The number of aromatic hydroxyl groups is 1. The minimum absolute atomic E-state index is 0.0401. The summed E-state index contributed by atoms with van der Waals surface area (Å²) in [6, 6.07) is 38.1. The summed E-state index contributed by atoms with van der Waals surface area (Å²) in [4.78, 5) is 23.8. The molecule has 5 atom stereocenters. The first-order valence-electron chi connectivity index (χ1n) is 18.1. The second kappa shape index (κ2) is 16.7. The maximum atomic E-state index is 13.0. The molecule has 0 spiro atoms. The van der Waals surface area contributed by atoms with Crippen LogP contribution >= 0.6 is 0 Å². The number of fused-ring (bicyclic) bond motifs is 1. The van der Waals surface area contributed by atoms with Crippen LogP contribution in [0.2, 0.25) is 0 Å². The summed E-state index contributed by atoms with van der Waals surface area (Å²) in [5, 5.41) is 33.5. The molecule has 276 valence electrons. The number of phenolic OH excluding ortho intramolecular Hbond substituents is 1. The Morgan fingerprint density at radius 3 is 2.35 bits per heavy atom. The zero-order chi connectivity index (χ0) is 37.6. The highest BCUT2D eigenvalue weighted by molar-refractivity contribution is 5.93. The number of ether oxygens (including phenoxy) is 2. The third-order valence-electron chi connectivity index (χ3n) is 9.91. The summed E-state index contributed by atoms with van der Waals surface area (Å²) in [5.74, 6) is -0.227. The summed E-state index contributed by atoms with van der Waals surface area (Å²) < 4.78 is 13.5. The number of hydrogen-bond donors (Lipinski definition) is 4. The Hall–Kier alpha value is -5.49. The largest absolute Gasteiger partial charge is 0.508 e. The van der Waals surface area contributed by atoms with Crippen LogP contribution in [0.25, 0.3) is 22.2 Å². The number of nitrogens with zero attached hydrogens (tertiary/aromatic N) is 3. The van der Waals surface area contributed by atoms with Gasteiger partial charge >= 0.3 is 0 Å². The molecule has 5 aromatic carbocycles. The maximum absolute atomic E-state index is 13.0. The van der Waals surface area contributed by atoms with Crippen LogP contribution in [0, 0.1) is 5.92 Å². The van der Waals surface area contributed by atoms with E-state index >= 15 is 0 Å². The van der Waals surface area contributed by atoms with Crippen LogP contribution in [0.3, 0.4) is 0 Å². The number of phenols is 1. The van der Waals surface area contributed by atoms with Gasteiger partial charge in [0, 0.05) is 31.1 Å². The summed E-state index contributed by atoms with van der Waals surface area (Å²) in [5.41, 5.74) is 7.86. The van der Waals surface area contributed by atoms with Gasteiger partial charge < -0.3 is 35.0 Å². The number of amides is 1. The Morgan fingerprint density at radius 2 is 1.57 bits per heavy atom. The van der Waals surface area contributed by atoms with Crippen LogP contribution in [0.1, 0.15) is 63.7 Å². The first-order chi connectivity index (χ1) is 26.2. The monoisotopic (exact) mass is 724 g/mol. The van der Waals surface area contributed by atoms with E-state index in [4.69, 9.17) is 9.47 Å². The number of benzene rings is 5. The molecule has 4 N–H and O–H groups in total. The van der Waals surface area contributed by atoms with Gasteiger partial charge in [-0.25, -0.2) is 4.98 Å². The highest BCUT2D eigenvalue weighted by Crippen LogP contribution is 2.42. The zero-order valence-electron chi connectivity index (χ0n) is 30.2. The lowest BCUT2D eigenvalue weighted by Crippen LogP contribution is -2.44. The lowest BCUT2D eigenvalue weighted by atomic mass is 9.89. The van der Waals surface area contributed by atoms with Crippen molar-refractivity contribution in [2.24, 2.45) is 5.92 Å². The van der Waals surface area contributed by atoms with E-state index in [1.807, 2.05) is 96.9 Å². The van der Waals surface area contributed by atoms with E-state index in [0.29, 0.717) is 30.7 Å². The fraction of sp³-hybridized carbons (Fsp3) is 0.250. The first kappa shape index (κ1) is 36.9. The van der Waals surface area contributed by atoms with Gasteiger partial charge in [-0.1, -0.05) is 91.9 Å². The highest BCUT2D eigenvalue weighted by atomic mass is 16.7. The summed E-state index contributed by atoms with van der Waals surface area (Å²) in [6.07, 6.45) is -0.524. The highest BCUT2D eigenvalue weighted by Gasteiger charge is 2.39. The number of likely N-dealkylation sites (N-methyl/N-ethyl adjacent to an activating group) is 1. The molecule has 1 amide bonds. The van der Waals surface area contributed by atoms with E-state index < -0.39 is 12.4 Å². The normalized spacial score (nSPS) is 19.1. The number of nitrogens with one attached hydrogen (secondary N) is 1. The van der Waals surface area contributed by atoms with Crippen LogP contribution in [0.15, 0.2) is 128 Å². The standard InChI is InChI=1S/C44H44N4O6/c1-28-41(26-48(2)25-40(51)34-11-7-13-36(50)22-34)53-44(54-42(28)31-18-16-29(27-49)17-19-31)35-12-6-10-33(21-35)32-9-5-8-30(20-32)23-46-43(52)39-24-45-37-14-3-4-15-38(37)47-39/h3-22,24,28,40-42,44,49-51H,23,25-27H2,1-2H3,(H,46,52). The fourth-order valence-electron chi connectivity index (χ4n) is 6.91. The van der Waals surface area contributed by atoms with E-state index in [2.05, 4.69) is 34.3 Å². The van der Waals surface area contributed by atoms with Crippen LogP contribution in [-0.4, -0.2) is 62.3 Å². The number of para-hydroxylation sites is 2. The molecule has 1 fully saturated rings. The van der Waals surface area contributed by atoms with Crippen molar-refractivity contribution in [1.29, 1.82) is 0 Å². The Bertz CT molecular complexity index is 2210. The Kier molecular flexibility index (Phi) is 11.4. The molecule has 1 aliphatic heterocycles. The number of rotatable bonds is 12. The quantitative estimate of drug-likeness (QED) is 0.106. The average Bonchev–Trinajstić information content (AvgIpc) is 3.20. The Balaban J connectivity index is 1.08. The molecule has 5 unspecified atom stereocenters. The van der Waals surface area contributed by atoms with Gasteiger partial charge in [-0.05, 0) is 76.8 Å². The molecule has 0 radical (unpaired) electrons. The third kappa shape index (κ3) is 8.65. The smallest absolute Gasteiger partial charge is 0.271 e. The van der Waals surface area contributed by atoms with Crippen molar-refractivity contribution in [3.8, 4) is 16.9 Å². The van der Waals surface area contributed by atoms with Crippen molar-refractivity contribution in [3.05, 3.63) is 161 Å². The van der Waals surface area contributed by atoms with Gasteiger partial charge in [0.05, 0.1) is 42.1 Å². The van der Waals surface area contributed by atoms with E-state index in [1.54, 1.807) is 24.3 Å². The Labute approximate surface area is 314 Å². The second-order valence-electron chi connectivity index (χ2n) is 13.9. The number of aliphatic hydroxyl groups is 2. The third-order valence-corrected chi connectivity index (χ3v) is 9.91. The number of carbonyl (C=O) groups is 1. The van der Waals surface area contributed by atoms with Gasteiger partial charge in [0.15, 0.2) is 6.29 Å². The molecule has 0 aliphatic carbocycles. The fourth-order valence-corrected chi connectivity index (χ4v) is 6.91. The second-order valence-corrected chi connectivity index (χ2v) is 13.9. The van der Waals surface area contributed by atoms with Gasteiger partial charge in [-0.15, -0.1) is 0 Å². The van der Waals surface area contributed by atoms with Crippen molar-refractivity contribution < 1.29 is 29.6 Å². The topological polar surface area (TPSA) is 137 Å². The van der Waals surface area contributed by atoms with E-state index in [0.717, 1.165) is 38.9 Å². The van der Waals surface area contributed by atoms with Gasteiger partial charge in [0.1, 0.15) is 11.4 Å². The zero-order valence-corrected chi connectivity index (χ0v) is 30.2. The summed E-state index contributed by atoms with van der Waals surface area (Å²) in [6.45, 7) is 3.26. The van der Waals surface area contributed by atoms with E-state index in [-0.39, 0.29) is 42.1 Å². The summed E-state index contributed by atoms with van der Waals surface area (Å²) in [7, 11) is 1.95. The first-order valence-corrected chi connectivity index (χ1v) is 18.1. The number of aromatic nitrogens is 2. The molecule has 0 bridgehead atoms. The van der Waals surface area contributed by atoms with Crippen LogP contribution in [0.4, 0.5) is 0 Å². The molecular formula is C44H44N4O6. The van der Waals surface area contributed by atoms with Crippen molar-refractivity contribution >= 4 is 16.9 Å². The SMILES string of the molecule is CC1C(CN(C)CC(O)c2cccc(O)c2)OC(c2cccc(-c3cccc(CNC(=O)c4cnc5ccccc5n4)c3)c2)OC1c1ccc(CO)cc1. The number of carbonyl (C=O) groups excluding carboxylic acids is 1. The molecular weight excluding hydrogens is 681 g/mol. The van der Waals surface area contributed by atoms with Crippen molar-refractivity contribution in [2.45, 2.75) is 44.7 Å². The van der Waals surface area contributed by atoms with Crippen LogP contribution in [0.5, 0.6) is 5.75 Å². The van der Waals surface area contributed by atoms with Gasteiger partial charge in [0.25, 0.3) is 5.91 Å². The molecule has 7 rings (SSSR count). The lowest BCUT2D eigenvalue weighted by molar-refractivity contribution is -0.276. The molecule has 1 aliphatic rings. The van der Waals surface area contributed by atoms with Crippen LogP contribution in [-0.2, 0) is 22.6 Å². The average molecular weight is 725 g/mol. The molecule has 6 aromatic rings. The predicted octanol–water partition coefficient (Wildman–Crippen LogP) is 6.88. The van der Waals surface area contributed by atoms with Gasteiger partial charge in [0.2, 0.25) is 0 Å². The van der Waals surface area contributed by atoms with Crippen molar-refractivity contribution in [1.82, 2.24) is 20.2 Å². The maximum Gasteiger partial charge on any atom is 0.271 e. The molecule has 1 aromatic heterocycles. The molecule has 1 saturated heterocycles. The summed E-state index contributed by atoms with van der Waals surface area (Å²) >= 11 is 0. The molecule has 10 heteroatoms. The molecule has 0 saturated carbocycles. The van der Waals surface area contributed by atoms with Crippen LogP contribution < -0.4 is 5.32 Å². The number of hydrogen-bond acceptors (Lipinski definition) is 9. The minimum Gasteiger partial charge on any atom is -0.508 e. The van der Waals surface area contributed by atoms with Gasteiger partial charge in [-0.3, -0.25) is 9.78 Å². The van der Waals surface area contributed by atoms with E-state index in [1.165, 1.54) is 6.20 Å². The Morgan fingerprint density at radius 1 is 0.833 bits per heavy atom. The predicted molar refractivity (Wildman–Crippen MR) is 206 cm³/mol. The van der Waals surface area contributed by atoms with E-state index in [9.17, 15) is 20.1 Å². The molecule has 10 nitrogen and oxygen atoms in total. The van der Waals surface area contributed by atoms with Crippen molar-refractivity contribution in [3.63, 3.8) is 0 Å². The number of aliphatic hydroxyl groups excluding tert-OH is 2. The lowest BCUT2D eigenvalue weighted by Gasteiger charge is -2.42.